The number of carbonyl (C=O) groups excluding carboxylic acids is 2. The lowest BCUT2D eigenvalue weighted by atomic mass is 9.88. The van der Waals surface area contributed by atoms with E-state index in [1.807, 2.05) is 48.5 Å². The molecule has 1 fully saturated rings. The van der Waals surface area contributed by atoms with E-state index in [1.54, 1.807) is 18.0 Å². The van der Waals surface area contributed by atoms with E-state index < -0.39 is 0 Å². The highest BCUT2D eigenvalue weighted by Crippen LogP contribution is 2.26. The highest BCUT2D eigenvalue weighted by atomic mass is 16.2. The molecule has 0 aliphatic heterocycles. The van der Waals surface area contributed by atoms with E-state index in [2.05, 4.69) is 5.32 Å². The first-order chi connectivity index (χ1) is 12.6. The van der Waals surface area contributed by atoms with Gasteiger partial charge in [-0.25, -0.2) is 0 Å². The molecule has 1 aliphatic rings. The van der Waals surface area contributed by atoms with Crippen LogP contribution in [0.1, 0.15) is 48.0 Å². The average molecular weight is 350 g/mol. The van der Waals surface area contributed by atoms with Crippen molar-refractivity contribution in [1.82, 2.24) is 4.90 Å². The van der Waals surface area contributed by atoms with Crippen molar-refractivity contribution in [3.05, 3.63) is 65.7 Å². The third kappa shape index (κ3) is 4.51. The molecule has 26 heavy (non-hydrogen) atoms. The molecule has 3 rings (SSSR count). The fraction of sp³-hybridized carbons (Fsp3) is 0.364. The summed E-state index contributed by atoms with van der Waals surface area (Å²) in [5.74, 6) is 0.0121. The molecule has 1 N–H and O–H groups in total. The molecule has 4 heteroatoms. The molecule has 2 aromatic carbocycles. The minimum Gasteiger partial charge on any atom is -0.337 e. The third-order valence-corrected chi connectivity index (χ3v) is 5.00. The largest absolute Gasteiger partial charge is 0.337 e. The molecular weight excluding hydrogens is 324 g/mol. The second kappa shape index (κ2) is 8.65. The Morgan fingerprint density at radius 3 is 2.35 bits per heavy atom. The number of hydrogen-bond donors (Lipinski definition) is 1. The maximum Gasteiger partial charge on any atom is 0.256 e. The van der Waals surface area contributed by atoms with E-state index in [1.165, 1.54) is 6.42 Å². The van der Waals surface area contributed by atoms with E-state index in [9.17, 15) is 9.59 Å². The van der Waals surface area contributed by atoms with E-state index in [-0.39, 0.29) is 17.7 Å². The number of carbonyl (C=O) groups is 2. The molecule has 0 aromatic heterocycles. The zero-order valence-electron chi connectivity index (χ0n) is 15.3. The molecular formula is C22H26N2O2. The van der Waals surface area contributed by atoms with Gasteiger partial charge in [0.25, 0.3) is 5.91 Å². The van der Waals surface area contributed by atoms with Gasteiger partial charge in [0, 0.05) is 19.5 Å². The van der Waals surface area contributed by atoms with Gasteiger partial charge in [0.05, 0.1) is 11.3 Å². The number of hydrogen-bond acceptors (Lipinski definition) is 2. The molecule has 1 saturated carbocycles. The maximum atomic E-state index is 12.9. The molecule has 1 aliphatic carbocycles. The monoisotopic (exact) mass is 350 g/mol. The summed E-state index contributed by atoms with van der Waals surface area (Å²) in [6.45, 7) is 0.532. The van der Waals surface area contributed by atoms with Gasteiger partial charge in [-0.2, -0.15) is 0 Å². The topological polar surface area (TPSA) is 49.4 Å². The van der Waals surface area contributed by atoms with Gasteiger partial charge in [0.1, 0.15) is 0 Å². The Hall–Kier alpha value is -2.62. The van der Waals surface area contributed by atoms with Crippen molar-refractivity contribution in [2.45, 2.75) is 38.6 Å². The Morgan fingerprint density at radius 1 is 0.962 bits per heavy atom. The zero-order valence-corrected chi connectivity index (χ0v) is 15.3. The Kier molecular flexibility index (Phi) is 6.05. The number of nitrogens with zero attached hydrogens (tertiary/aromatic N) is 1. The smallest absolute Gasteiger partial charge is 0.256 e. The lowest BCUT2D eigenvalue weighted by Crippen LogP contribution is -2.29. The maximum absolute atomic E-state index is 12.9. The number of para-hydroxylation sites is 1. The summed E-state index contributed by atoms with van der Waals surface area (Å²) in [7, 11) is 1.79. The lowest BCUT2D eigenvalue weighted by molar-refractivity contribution is -0.120. The van der Waals surface area contributed by atoms with Gasteiger partial charge in [-0.3, -0.25) is 9.59 Å². The van der Waals surface area contributed by atoms with Crippen LogP contribution in [-0.2, 0) is 11.3 Å². The summed E-state index contributed by atoms with van der Waals surface area (Å²) >= 11 is 0. The SMILES string of the molecule is CN(Cc1ccccc1)C(=O)c1ccccc1NC(=O)C1CCCCC1. The van der Waals surface area contributed by atoms with Crippen molar-refractivity contribution in [3.63, 3.8) is 0 Å². The van der Waals surface area contributed by atoms with Crippen molar-refractivity contribution in [2.75, 3.05) is 12.4 Å². The molecule has 136 valence electrons. The second-order valence-corrected chi connectivity index (χ2v) is 7.02. The Morgan fingerprint density at radius 2 is 1.62 bits per heavy atom. The summed E-state index contributed by atoms with van der Waals surface area (Å²) in [4.78, 5) is 27.2. The number of anilines is 1. The number of benzene rings is 2. The Balaban J connectivity index is 1.71. The standard InChI is InChI=1S/C22H26N2O2/c1-24(16-17-10-4-2-5-11-17)22(26)19-14-8-9-15-20(19)23-21(25)18-12-6-3-7-13-18/h2,4-5,8-11,14-15,18H,3,6-7,12-13,16H2,1H3,(H,23,25). The number of rotatable bonds is 5. The number of nitrogens with one attached hydrogen (secondary N) is 1. The molecule has 2 aromatic rings. The van der Waals surface area contributed by atoms with Gasteiger partial charge in [-0.15, -0.1) is 0 Å². The van der Waals surface area contributed by atoms with E-state index in [0.29, 0.717) is 17.8 Å². The van der Waals surface area contributed by atoms with Gasteiger partial charge in [-0.05, 0) is 30.5 Å². The van der Waals surface area contributed by atoms with Gasteiger partial charge in [0.2, 0.25) is 5.91 Å². The fourth-order valence-corrected chi connectivity index (χ4v) is 3.51. The summed E-state index contributed by atoms with van der Waals surface area (Å²) in [5, 5.41) is 2.99. The summed E-state index contributed by atoms with van der Waals surface area (Å²) in [5.41, 5.74) is 2.22. The molecule has 0 atom stereocenters. The minimum atomic E-state index is -0.0894. The van der Waals surface area contributed by atoms with Crippen LogP contribution in [0.4, 0.5) is 5.69 Å². The quantitative estimate of drug-likeness (QED) is 0.864. The molecule has 2 amide bonds. The van der Waals surface area contributed by atoms with Crippen LogP contribution in [0.2, 0.25) is 0 Å². The second-order valence-electron chi connectivity index (χ2n) is 7.02. The van der Waals surface area contributed by atoms with Gasteiger partial charge in [-0.1, -0.05) is 61.7 Å². The van der Waals surface area contributed by atoms with Crippen molar-refractivity contribution < 1.29 is 9.59 Å². The van der Waals surface area contributed by atoms with Crippen molar-refractivity contribution in [3.8, 4) is 0 Å². The van der Waals surface area contributed by atoms with Crippen molar-refractivity contribution in [1.29, 1.82) is 0 Å². The first-order valence-electron chi connectivity index (χ1n) is 9.34. The summed E-state index contributed by atoms with van der Waals surface area (Å²) in [6, 6.07) is 17.2. The van der Waals surface area contributed by atoms with Gasteiger partial charge in [0.15, 0.2) is 0 Å². The Labute approximate surface area is 155 Å². The van der Waals surface area contributed by atoms with E-state index in [4.69, 9.17) is 0 Å². The van der Waals surface area contributed by atoms with E-state index >= 15 is 0 Å². The zero-order chi connectivity index (χ0) is 18.4. The van der Waals surface area contributed by atoms with Crippen LogP contribution in [-0.4, -0.2) is 23.8 Å². The van der Waals surface area contributed by atoms with Crippen LogP contribution in [0, 0.1) is 5.92 Å². The fourth-order valence-electron chi connectivity index (χ4n) is 3.51. The summed E-state index contributed by atoms with van der Waals surface area (Å²) < 4.78 is 0. The van der Waals surface area contributed by atoms with Crippen LogP contribution in [0.5, 0.6) is 0 Å². The van der Waals surface area contributed by atoms with Crippen LogP contribution in [0.15, 0.2) is 54.6 Å². The van der Waals surface area contributed by atoms with Crippen LogP contribution >= 0.6 is 0 Å². The number of amides is 2. The summed E-state index contributed by atoms with van der Waals surface area (Å²) in [6.07, 6.45) is 5.31. The third-order valence-electron chi connectivity index (χ3n) is 5.00. The predicted octanol–water partition coefficient (Wildman–Crippen LogP) is 4.48. The van der Waals surface area contributed by atoms with Crippen LogP contribution < -0.4 is 5.32 Å². The van der Waals surface area contributed by atoms with Crippen molar-refractivity contribution in [2.24, 2.45) is 5.92 Å². The molecule has 0 spiro atoms. The van der Waals surface area contributed by atoms with E-state index in [0.717, 1.165) is 31.2 Å². The lowest BCUT2D eigenvalue weighted by Gasteiger charge is -2.23. The minimum absolute atomic E-state index is 0.0377. The molecule has 0 radical (unpaired) electrons. The molecule has 0 heterocycles. The van der Waals surface area contributed by atoms with Gasteiger partial charge < -0.3 is 10.2 Å². The van der Waals surface area contributed by atoms with Gasteiger partial charge >= 0.3 is 0 Å². The molecule has 0 bridgehead atoms. The van der Waals surface area contributed by atoms with Crippen LogP contribution in [0.3, 0.4) is 0 Å². The average Bonchev–Trinajstić information content (AvgIpc) is 2.69. The first kappa shape index (κ1) is 18.2. The Bertz CT molecular complexity index is 752. The van der Waals surface area contributed by atoms with Crippen molar-refractivity contribution >= 4 is 17.5 Å². The normalized spacial score (nSPS) is 14.7. The molecule has 0 saturated heterocycles. The highest BCUT2D eigenvalue weighted by molar-refractivity contribution is 6.04. The molecule has 4 nitrogen and oxygen atoms in total. The molecule has 0 unspecified atom stereocenters. The predicted molar refractivity (Wildman–Crippen MR) is 104 cm³/mol. The first-order valence-corrected chi connectivity index (χ1v) is 9.34. The van der Waals surface area contributed by atoms with Crippen LogP contribution in [0.25, 0.3) is 0 Å². The highest BCUT2D eigenvalue weighted by Gasteiger charge is 2.23.